The first-order valence-corrected chi connectivity index (χ1v) is 9.40. The molecule has 1 aliphatic heterocycles. The van der Waals surface area contributed by atoms with Gasteiger partial charge in [0.05, 0.1) is 12.3 Å². The van der Waals surface area contributed by atoms with Crippen molar-refractivity contribution >= 4 is 17.6 Å². The van der Waals surface area contributed by atoms with Crippen LogP contribution in [0, 0.1) is 0 Å². The topological polar surface area (TPSA) is 123 Å². The molecule has 156 valence electrons. The lowest BCUT2D eigenvalue weighted by Crippen LogP contribution is -2.58. The fraction of sp³-hybridized carbons (Fsp3) is 0.421. The quantitative estimate of drug-likeness (QED) is 0.418. The molecule has 29 heavy (non-hydrogen) atoms. The SMILES string of the molecule is C[C@H](O)[C@@H](NC(=O)N1CCN(c2ccc(-c3cnn(C)c3)cc2)CC1)C(=O)NO. The Labute approximate surface area is 168 Å². The van der Waals surface area contributed by atoms with Gasteiger partial charge in [-0.3, -0.25) is 14.7 Å². The van der Waals surface area contributed by atoms with Gasteiger partial charge in [-0.2, -0.15) is 5.10 Å². The van der Waals surface area contributed by atoms with Gasteiger partial charge < -0.3 is 20.2 Å². The van der Waals surface area contributed by atoms with E-state index in [2.05, 4.69) is 15.3 Å². The predicted octanol–water partition coefficient (Wildman–Crippen LogP) is 0.174. The molecule has 0 saturated carbocycles. The van der Waals surface area contributed by atoms with Gasteiger partial charge in [-0.15, -0.1) is 0 Å². The molecule has 0 bridgehead atoms. The number of aryl methyl sites for hydroxylation is 1. The number of hydroxylamine groups is 1. The van der Waals surface area contributed by atoms with Crippen LogP contribution in [-0.2, 0) is 11.8 Å². The molecule has 2 aromatic rings. The highest BCUT2D eigenvalue weighted by Crippen LogP contribution is 2.23. The van der Waals surface area contributed by atoms with E-state index < -0.39 is 24.1 Å². The number of hydrogen-bond donors (Lipinski definition) is 4. The molecule has 0 radical (unpaired) electrons. The van der Waals surface area contributed by atoms with E-state index in [-0.39, 0.29) is 0 Å². The molecule has 0 unspecified atom stereocenters. The maximum atomic E-state index is 12.4. The summed E-state index contributed by atoms with van der Waals surface area (Å²) >= 11 is 0. The smallest absolute Gasteiger partial charge is 0.318 e. The summed E-state index contributed by atoms with van der Waals surface area (Å²) in [6.07, 6.45) is 2.65. The third-order valence-electron chi connectivity index (χ3n) is 4.99. The van der Waals surface area contributed by atoms with E-state index in [0.717, 1.165) is 16.8 Å². The predicted molar refractivity (Wildman–Crippen MR) is 106 cm³/mol. The number of carbonyl (C=O) groups excluding carboxylic acids is 2. The van der Waals surface area contributed by atoms with Crippen LogP contribution in [0.5, 0.6) is 0 Å². The lowest BCUT2D eigenvalue weighted by Gasteiger charge is -2.36. The van der Waals surface area contributed by atoms with Crippen LogP contribution in [-0.4, -0.2) is 75.3 Å². The summed E-state index contributed by atoms with van der Waals surface area (Å²) in [5.41, 5.74) is 4.67. The summed E-state index contributed by atoms with van der Waals surface area (Å²) in [5.74, 6) is -0.860. The molecule has 10 nitrogen and oxygen atoms in total. The average Bonchev–Trinajstić information content (AvgIpc) is 3.17. The van der Waals surface area contributed by atoms with Gasteiger partial charge in [0.1, 0.15) is 6.04 Å². The van der Waals surface area contributed by atoms with Crippen molar-refractivity contribution in [2.45, 2.75) is 19.1 Å². The highest BCUT2D eigenvalue weighted by atomic mass is 16.5. The minimum Gasteiger partial charge on any atom is -0.391 e. The van der Waals surface area contributed by atoms with E-state index in [0.29, 0.717) is 26.2 Å². The number of rotatable bonds is 5. The lowest BCUT2D eigenvalue weighted by molar-refractivity contribution is -0.133. The molecule has 4 N–H and O–H groups in total. The number of anilines is 1. The van der Waals surface area contributed by atoms with Crippen LogP contribution in [0.1, 0.15) is 6.92 Å². The van der Waals surface area contributed by atoms with Gasteiger partial charge in [0, 0.05) is 50.7 Å². The molecule has 0 spiro atoms. The number of carbonyl (C=O) groups is 2. The van der Waals surface area contributed by atoms with Crippen molar-refractivity contribution in [1.29, 1.82) is 0 Å². The van der Waals surface area contributed by atoms with Gasteiger partial charge >= 0.3 is 6.03 Å². The van der Waals surface area contributed by atoms with Crippen LogP contribution in [0.3, 0.4) is 0 Å². The molecule has 10 heteroatoms. The van der Waals surface area contributed by atoms with Gasteiger partial charge in [0.15, 0.2) is 0 Å². The first-order chi connectivity index (χ1) is 13.9. The van der Waals surface area contributed by atoms with Crippen molar-refractivity contribution < 1.29 is 19.9 Å². The van der Waals surface area contributed by atoms with Crippen LogP contribution in [0.2, 0.25) is 0 Å². The molecule has 2 heterocycles. The Bertz CT molecular complexity index is 843. The molecule has 1 saturated heterocycles. The normalized spacial score (nSPS) is 16.3. The number of amides is 3. The maximum Gasteiger partial charge on any atom is 0.318 e. The van der Waals surface area contributed by atoms with Crippen molar-refractivity contribution in [2.24, 2.45) is 7.05 Å². The van der Waals surface area contributed by atoms with E-state index >= 15 is 0 Å². The summed E-state index contributed by atoms with van der Waals surface area (Å²) in [4.78, 5) is 27.7. The van der Waals surface area contributed by atoms with Crippen LogP contribution in [0.25, 0.3) is 11.1 Å². The monoisotopic (exact) mass is 402 g/mol. The number of urea groups is 1. The Morgan fingerprint density at radius 1 is 1.10 bits per heavy atom. The van der Waals surface area contributed by atoms with Crippen molar-refractivity contribution in [1.82, 2.24) is 25.5 Å². The minimum absolute atomic E-state index is 0.453. The fourth-order valence-corrected chi connectivity index (χ4v) is 3.30. The van der Waals surface area contributed by atoms with E-state index in [1.165, 1.54) is 12.4 Å². The van der Waals surface area contributed by atoms with Gasteiger partial charge in [-0.1, -0.05) is 12.1 Å². The van der Waals surface area contributed by atoms with Gasteiger partial charge in [0.25, 0.3) is 5.91 Å². The Balaban J connectivity index is 1.56. The van der Waals surface area contributed by atoms with Crippen molar-refractivity contribution in [3.05, 3.63) is 36.7 Å². The van der Waals surface area contributed by atoms with E-state index in [9.17, 15) is 14.7 Å². The molecular weight excluding hydrogens is 376 g/mol. The van der Waals surface area contributed by atoms with Crippen LogP contribution < -0.4 is 15.7 Å². The number of piperazine rings is 1. The molecule has 1 aliphatic rings. The average molecular weight is 402 g/mol. The number of nitrogens with one attached hydrogen (secondary N) is 2. The Hall–Kier alpha value is -3.11. The Kier molecular flexibility index (Phi) is 6.35. The summed E-state index contributed by atoms with van der Waals surface area (Å²) < 4.78 is 1.76. The number of aliphatic hydroxyl groups is 1. The molecule has 3 rings (SSSR count). The molecular formula is C19H26N6O4. The molecule has 1 aromatic carbocycles. The van der Waals surface area contributed by atoms with Crippen molar-refractivity contribution in [3.63, 3.8) is 0 Å². The highest BCUT2D eigenvalue weighted by molar-refractivity contribution is 5.87. The second-order valence-electron chi connectivity index (χ2n) is 7.07. The van der Waals surface area contributed by atoms with Crippen LogP contribution in [0.15, 0.2) is 36.7 Å². The van der Waals surface area contributed by atoms with Gasteiger partial charge in [-0.25, -0.2) is 10.3 Å². The van der Waals surface area contributed by atoms with E-state index in [1.807, 2.05) is 43.7 Å². The fourth-order valence-electron chi connectivity index (χ4n) is 3.30. The largest absolute Gasteiger partial charge is 0.391 e. The zero-order valence-corrected chi connectivity index (χ0v) is 16.4. The number of aromatic nitrogens is 2. The third kappa shape index (κ3) is 4.84. The number of hydrogen-bond acceptors (Lipinski definition) is 6. The van der Waals surface area contributed by atoms with Crippen molar-refractivity contribution in [3.8, 4) is 11.1 Å². The summed E-state index contributed by atoms with van der Waals surface area (Å²) in [7, 11) is 1.88. The number of nitrogens with zero attached hydrogens (tertiary/aromatic N) is 4. The Morgan fingerprint density at radius 2 is 1.76 bits per heavy atom. The molecule has 3 amide bonds. The zero-order valence-electron chi connectivity index (χ0n) is 16.4. The first-order valence-electron chi connectivity index (χ1n) is 9.40. The molecule has 2 atom stereocenters. The highest BCUT2D eigenvalue weighted by Gasteiger charge is 2.29. The zero-order chi connectivity index (χ0) is 21.0. The summed E-state index contributed by atoms with van der Waals surface area (Å²) in [6, 6.07) is 6.52. The van der Waals surface area contributed by atoms with Gasteiger partial charge in [-0.05, 0) is 24.6 Å². The number of aliphatic hydroxyl groups excluding tert-OH is 1. The molecule has 1 fully saturated rings. The van der Waals surface area contributed by atoms with Crippen LogP contribution in [0.4, 0.5) is 10.5 Å². The first kappa shape index (κ1) is 20.6. The molecule has 0 aliphatic carbocycles. The second kappa shape index (κ2) is 8.93. The lowest BCUT2D eigenvalue weighted by atomic mass is 10.1. The van der Waals surface area contributed by atoms with Gasteiger partial charge in [0.2, 0.25) is 0 Å². The van der Waals surface area contributed by atoms with E-state index in [1.54, 1.807) is 9.58 Å². The summed E-state index contributed by atoms with van der Waals surface area (Å²) in [6.45, 7) is 3.61. The summed E-state index contributed by atoms with van der Waals surface area (Å²) in [5, 5.41) is 25.0. The number of benzene rings is 1. The second-order valence-corrected chi connectivity index (χ2v) is 7.07. The minimum atomic E-state index is -1.22. The Morgan fingerprint density at radius 3 is 2.28 bits per heavy atom. The third-order valence-corrected chi connectivity index (χ3v) is 4.99. The van der Waals surface area contributed by atoms with Crippen molar-refractivity contribution in [2.75, 3.05) is 31.1 Å². The maximum absolute atomic E-state index is 12.4. The van der Waals surface area contributed by atoms with Crippen LogP contribution >= 0.6 is 0 Å². The standard InChI is InChI=1S/C19H26N6O4/c1-13(26)17(18(27)22-29)21-19(28)25-9-7-24(8-10-25)16-5-3-14(4-6-16)15-11-20-23(2)12-15/h3-6,11-13,17,26,29H,7-10H2,1-2H3,(H,21,28)(H,22,27)/t13-,17+/m0/s1. The van der Waals surface area contributed by atoms with E-state index in [4.69, 9.17) is 5.21 Å². The molecule has 1 aromatic heterocycles.